The summed E-state index contributed by atoms with van der Waals surface area (Å²) in [6, 6.07) is 5.98. The zero-order valence-corrected chi connectivity index (χ0v) is 11.4. The first-order valence-electron chi connectivity index (χ1n) is 6.66. The number of hydrogen-bond donors (Lipinski definition) is 1. The number of imidazole rings is 1. The molecule has 1 fully saturated rings. The molecule has 1 N–H and O–H groups in total. The minimum absolute atomic E-state index is 0.532. The van der Waals surface area contributed by atoms with Gasteiger partial charge in [-0.05, 0) is 44.5 Å². The highest BCUT2D eigenvalue weighted by molar-refractivity contribution is 6.31. The third-order valence-corrected chi connectivity index (χ3v) is 3.95. The summed E-state index contributed by atoms with van der Waals surface area (Å²) in [7, 11) is 0. The van der Waals surface area contributed by atoms with Crippen molar-refractivity contribution < 1.29 is 0 Å². The van der Waals surface area contributed by atoms with E-state index in [9.17, 15) is 0 Å². The van der Waals surface area contributed by atoms with E-state index < -0.39 is 0 Å². The lowest BCUT2D eigenvalue weighted by atomic mass is 9.99. The maximum Gasteiger partial charge on any atom is 0.114 e. The van der Waals surface area contributed by atoms with Gasteiger partial charge in [-0.25, -0.2) is 4.98 Å². The highest BCUT2D eigenvalue weighted by Gasteiger charge is 2.21. The van der Waals surface area contributed by atoms with Gasteiger partial charge in [-0.2, -0.15) is 0 Å². The van der Waals surface area contributed by atoms with Crippen LogP contribution in [0, 0.1) is 0 Å². The number of rotatable bonds is 2. The number of benzene rings is 1. The van der Waals surface area contributed by atoms with Crippen molar-refractivity contribution in [3.63, 3.8) is 0 Å². The molecular formula is C14H18ClN3. The van der Waals surface area contributed by atoms with Gasteiger partial charge in [0.1, 0.15) is 5.82 Å². The van der Waals surface area contributed by atoms with Crippen molar-refractivity contribution in [3.05, 3.63) is 29.0 Å². The maximum absolute atomic E-state index is 6.05. The predicted molar refractivity (Wildman–Crippen MR) is 75.3 cm³/mol. The summed E-state index contributed by atoms with van der Waals surface area (Å²) in [5.74, 6) is 1.74. The van der Waals surface area contributed by atoms with Crippen molar-refractivity contribution in [3.8, 4) is 0 Å². The van der Waals surface area contributed by atoms with E-state index in [0.29, 0.717) is 5.92 Å². The molecule has 0 bridgehead atoms. The molecule has 0 amide bonds. The van der Waals surface area contributed by atoms with Crippen molar-refractivity contribution in [1.29, 1.82) is 0 Å². The standard InChI is InChI=1S/C14H18ClN3/c1-2-18-13-6-5-11(15)8-12(13)17-14(18)10-4-3-7-16-9-10/h5-6,8,10,16H,2-4,7,9H2,1H3. The Labute approximate surface area is 112 Å². The molecule has 96 valence electrons. The Morgan fingerprint density at radius 3 is 3.11 bits per heavy atom. The molecule has 4 heteroatoms. The van der Waals surface area contributed by atoms with Crippen LogP contribution < -0.4 is 5.32 Å². The van der Waals surface area contributed by atoms with Crippen LogP contribution in [-0.2, 0) is 6.54 Å². The maximum atomic E-state index is 6.05. The number of aryl methyl sites for hydroxylation is 1. The minimum Gasteiger partial charge on any atom is -0.328 e. The number of halogens is 1. The Kier molecular flexibility index (Phi) is 3.27. The number of nitrogens with zero attached hydrogens (tertiary/aromatic N) is 2. The molecule has 1 unspecified atom stereocenters. The van der Waals surface area contributed by atoms with Crippen LogP contribution in [-0.4, -0.2) is 22.6 Å². The molecule has 1 aliphatic heterocycles. The van der Waals surface area contributed by atoms with E-state index in [2.05, 4.69) is 22.9 Å². The van der Waals surface area contributed by atoms with E-state index in [4.69, 9.17) is 16.6 Å². The summed E-state index contributed by atoms with van der Waals surface area (Å²) in [5, 5.41) is 4.22. The first-order valence-corrected chi connectivity index (χ1v) is 7.04. The lowest BCUT2D eigenvalue weighted by Crippen LogP contribution is -2.30. The van der Waals surface area contributed by atoms with Gasteiger partial charge in [-0.3, -0.25) is 0 Å². The molecule has 2 aromatic rings. The highest BCUT2D eigenvalue weighted by Crippen LogP contribution is 2.28. The van der Waals surface area contributed by atoms with Crippen LogP contribution in [0.1, 0.15) is 31.5 Å². The normalized spacial score (nSPS) is 20.4. The van der Waals surface area contributed by atoms with Crippen LogP contribution in [0.4, 0.5) is 0 Å². The monoisotopic (exact) mass is 263 g/mol. The molecule has 3 rings (SSSR count). The van der Waals surface area contributed by atoms with E-state index in [1.807, 2.05) is 12.1 Å². The molecule has 18 heavy (non-hydrogen) atoms. The fourth-order valence-electron chi connectivity index (χ4n) is 2.84. The van der Waals surface area contributed by atoms with Crippen LogP contribution in [0.2, 0.25) is 5.02 Å². The third-order valence-electron chi connectivity index (χ3n) is 3.72. The molecule has 1 aromatic carbocycles. The van der Waals surface area contributed by atoms with Crippen molar-refractivity contribution in [2.24, 2.45) is 0 Å². The summed E-state index contributed by atoms with van der Waals surface area (Å²) < 4.78 is 2.32. The zero-order valence-electron chi connectivity index (χ0n) is 10.6. The average molecular weight is 264 g/mol. The molecule has 3 nitrogen and oxygen atoms in total. The number of nitrogens with one attached hydrogen (secondary N) is 1. The van der Waals surface area contributed by atoms with Gasteiger partial charge in [0, 0.05) is 24.0 Å². The first-order chi connectivity index (χ1) is 8.79. The third kappa shape index (κ3) is 2.02. The van der Waals surface area contributed by atoms with Crippen molar-refractivity contribution in [2.45, 2.75) is 32.2 Å². The molecule has 1 aromatic heterocycles. The summed E-state index contributed by atoms with van der Waals surface area (Å²) >= 11 is 6.05. The number of piperidine rings is 1. The van der Waals surface area contributed by atoms with Crippen molar-refractivity contribution in [2.75, 3.05) is 13.1 Å². The fourth-order valence-corrected chi connectivity index (χ4v) is 3.00. The smallest absolute Gasteiger partial charge is 0.114 e. The second-order valence-electron chi connectivity index (χ2n) is 4.89. The number of aromatic nitrogens is 2. The molecule has 0 saturated carbocycles. The predicted octanol–water partition coefficient (Wildman–Crippen LogP) is 3.18. The lowest BCUT2D eigenvalue weighted by molar-refractivity contribution is 0.436. The summed E-state index contributed by atoms with van der Waals surface area (Å²) in [6.07, 6.45) is 2.46. The summed E-state index contributed by atoms with van der Waals surface area (Å²) in [4.78, 5) is 4.81. The van der Waals surface area contributed by atoms with Crippen molar-refractivity contribution in [1.82, 2.24) is 14.9 Å². The number of fused-ring (bicyclic) bond motifs is 1. The molecule has 1 saturated heterocycles. The molecular weight excluding hydrogens is 246 g/mol. The van der Waals surface area contributed by atoms with Crippen molar-refractivity contribution >= 4 is 22.6 Å². The molecule has 0 aliphatic carbocycles. The Balaban J connectivity index is 2.09. The van der Waals surface area contributed by atoms with Gasteiger partial charge in [0.2, 0.25) is 0 Å². The molecule has 0 radical (unpaired) electrons. The number of hydrogen-bond acceptors (Lipinski definition) is 2. The van der Waals surface area contributed by atoms with Crippen LogP contribution >= 0.6 is 11.6 Å². The quantitative estimate of drug-likeness (QED) is 0.902. The fraction of sp³-hybridized carbons (Fsp3) is 0.500. The first kappa shape index (κ1) is 12.0. The van der Waals surface area contributed by atoms with E-state index in [1.54, 1.807) is 0 Å². The SMILES string of the molecule is CCn1c(C2CCCNC2)nc2cc(Cl)ccc21. The van der Waals surface area contributed by atoms with E-state index in [-0.39, 0.29) is 0 Å². The Morgan fingerprint density at radius 2 is 2.39 bits per heavy atom. The summed E-state index contributed by atoms with van der Waals surface area (Å²) in [6.45, 7) is 5.31. The molecule has 1 aliphatic rings. The summed E-state index contributed by atoms with van der Waals surface area (Å²) in [5.41, 5.74) is 2.22. The van der Waals surface area contributed by atoms with Gasteiger partial charge < -0.3 is 9.88 Å². The van der Waals surface area contributed by atoms with E-state index in [1.165, 1.54) is 24.2 Å². The molecule has 1 atom stereocenters. The molecule has 2 heterocycles. The van der Waals surface area contributed by atoms with Gasteiger partial charge in [0.25, 0.3) is 0 Å². The zero-order chi connectivity index (χ0) is 12.5. The second-order valence-corrected chi connectivity index (χ2v) is 5.33. The Morgan fingerprint density at radius 1 is 1.50 bits per heavy atom. The van der Waals surface area contributed by atoms with Gasteiger partial charge in [-0.1, -0.05) is 11.6 Å². The largest absolute Gasteiger partial charge is 0.328 e. The second kappa shape index (κ2) is 4.90. The minimum atomic E-state index is 0.532. The van der Waals surface area contributed by atoms with Gasteiger partial charge >= 0.3 is 0 Å². The van der Waals surface area contributed by atoms with Gasteiger partial charge in [0.05, 0.1) is 11.0 Å². The topological polar surface area (TPSA) is 29.9 Å². The highest BCUT2D eigenvalue weighted by atomic mass is 35.5. The van der Waals surface area contributed by atoms with Crippen LogP contribution in [0.3, 0.4) is 0 Å². The van der Waals surface area contributed by atoms with Crippen LogP contribution in [0.5, 0.6) is 0 Å². The van der Waals surface area contributed by atoms with Crippen LogP contribution in [0.15, 0.2) is 18.2 Å². The Bertz CT molecular complexity index is 555. The average Bonchev–Trinajstić information content (AvgIpc) is 2.77. The lowest BCUT2D eigenvalue weighted by Gasteiger charge is -2.22. The molecule has 0 spiro atoms. The van der Waals surface area contributed by atoms with Crippen LogP contribution in [0.25, 0.3) is 11.0 Å². The van der Waals surface area contributed by atoms with Gasteiger partial charge in [-0.15, -0.1) is 0 Å². The van der Waals surface area contributed by atoms with E-state index >= 15 is 0 Å². The van der Waals surface area contributed by atoms with E-state index in [0.717, 1.165) is 30.2 Å². The van der Waals surface area contributed by atoms with Gasteiger partial charge in [0.15, 0.2) is 0 Å². The Hall–Kier alpha value is -1.06.